The Morgan fingerprint density at radius 2 is 1.38 bits per heavy atom. The lowest BCUT2D eigenvalue weighted by Gasteiger charge is -2.14. The molecule has 0 saturated heterocycles. The maximum Gasteiger partial charge on any atom is 0.261 e. The van der Waals surface area contributed by atoms with Crippen molar-refractivity contribution in [3.63, 3.8) is 0 Å². The molecule has 0 aromatic heterocycles. The van der Waals surface area contributed by atoms with Gasteiger partial charge in [0, 0.05) is 18.8 Å². The van der Waals surface area contributed by atoms with E-state index in [1.165, 1.54) is 31.4 Å². The number of nitrogens with one attached hydrogen (secondary N) is 2. The van der Waals surface area contributed by atoms with Gasteiger partial charge in [0.1, 0.15) is 0 Å². The first-order valence-corrected chi connectivity index (χ1v) is 12.3. The van der Waals surface area contributed by atoms with Crippen LogP contribution in [0.3, 0.4) is 0 Å². The Kier molecular flexibility index (Phi) is 7.81. The average Bonchev–Trinajstić information content (AvgIpc) is 2.67. The van der Waals surface area contributed by atoms with Crippen molar-refractivity contribution in [3.8, 4) is 0 Å². The molecule has 0 radical (unpaired) electrons. The summed E-state index contributed by atoms with van der Waals surface area (Å²) in [5, 5.41) is 0. The zero-order valence-corrected chi connectivity index (χ0v) is 18.7. The van der Waals surface area contributed by atoms with E-state index >= 15 is 0 Å². The van der Waals surface area contributed by atoms with Crippen LogP contribution >= 0.6 is 0 Å². The first-order valence-electron chi connectivity index (χ1n) is 9.33. The minimum absolute atomic E-state index is 0.0429. The second kappa shape index (κ2) is 9.71. The van der Waals surface area contributed by atoms with Gasteiger partial charge in [-0.25, -0.2) is 21.6 Å². The van der Waals surface area contributed by atoms with Gasteiger partial charge >= 0.3 is 0 Å². The molecule has 0 fully saturated rings. The SMILES string of the molecule is CCC(C)c1ccc(S(=O)(=O)Nc2ccc(S(=O)(=O)NC(C)COC)cc2)cc1. The Labute approximate surface area is 173 Å². The van der Waals surface area contributed by atoms with Crippen LogP contribution < -0.4 is 9.44 Å². The van der Waals surface area contributed by atoms with Crippen LogP contribution in [-0.2, 0) is 24.8 Å². The van der Waals surface area contributed by atoms with E-state index in [1.807, 2.05) is 12.1 Å². The maximum absolute atomic E-state index is 12.6. The van der Waals surface area contributed by atoms with Gasteiger partial charge in [-0.15, -0.1) is 0 Å². The minimum Gasteiger partial charge on any atom is -0.383 e. The molecular weight excluding hydrogens is 412 g/mol. The predicted molar refractivity (Wildman–Crippen MR) is 114 cm³/mol. The quantitative estimate of drug-likeness (QED) is 0.590. The van der Waals surface area contributed by atoms with Crippen LogP contribution in [0.4, 0.5) is 5.69 Å². The molecule has 0 aliphatic heterocycles. The van der Waals surface area contributed by atoms with Crippen LogP contribution in [-0.4, -0.2) is 36.6 Å². The van der Waals surface area contributed by atoms with Crippen molar-refractivity contribution in [1.29, 1.82) is 0 Å². The smallest absolute Gasteiger partial charge is 0.261 e. The molecule has 0 aliphatic rings. The molecule has 160 valence electrons. The van der Waals surface area contributed by atoms with Crippen molar-refractivity contribution >= 4 is 25.7 Å². The topological polar surface area (TPSA) is 102 Å². The zero-order chi connectivity index (χ0) is 21.7. The van der Waals surface area contributed by atoms with Crippen LogP contribution in [0, 0.1) is 0 Å². The van der Waals surface area contributed by atoms with E-state index in [9.17, 15) is 16.8 Å². The molecule has 9 heteroatoms. The number of hydrogen-bond donors (Lipinski definition) is 2. The highest BCUT2D eigenvalue weighted by atomic mass is 32.2. The molecule has 2 rings (SSSR count). The lowest BCUT2D eigenvalue weighted by Crippen LogP contribution is -2.35. The Hall–Kier alpha value is -1.94. The lowest BCUT2D eigenvalue weighted by molar-refractivity contribution is 0.180. The van der Waals surface area contributed by atoms with Crippen LogP contribution in [0.15, 0.2) is 58.3 Å². The Morgan fingerprint density at radius 3 is 1.90 bits per heavy atom. The van der Waals surface area contributed by atoms with Gasteiger partial charge < -0.3 is 4.74 Å². The van der Waals surface area contributed by atoms with Crippen LogP contribution in [0.1, 0.15) is 38.7 Å². The molecule has 29 heavy (non-hydrogen) atoms. The van der Waals surface area contributed by atoms with Gasteiger partial charge in [0.2, 0.25) is 10.0 Å². The van der Waals surface area contributed by atoms with Gasteiger partial charge in [-0.3, -0.25) is 4.72 Å². The summed E-state index contributed by atoms with van der Waals surface area (Å²) in [5.74, 6) is 0.356. The first kappa shape index (κ1) is 23.3. The van der Waals surface area contributed by atoms with Crippen LogP contribution in [0.25, 0.3) is 0 Å². The summed E-state index contributed by atoms with van der Waals surface area (Å²) in [7, 11) is -6.00. The van der Waals surface area contributed by atoms with E-state index in [2.05, 4.69) is 23.3 Å². The fourth-order valence-electron chi connectivity index (χ4n) is 2.74. The largest absolute Gasteiger partial charge is 0.383 e. The molecule has 2 aromatic carbocycles. The number of rotatable bonds is 10. The maximum atomic E-state index is 12.6. The third-order valence-corrected chi connectivity index (χ3v) is 7.56. The number of benzene rings is 2. The fourth-order valence-corrected chi connectivity index (χ4v) is 5.03. The summed E-state index contributed by atoms with van der Waals surface area (Å²) in [4.78, 5) is 0.192. The van der Waals surface area contributed by atoms with Gasteiger partial charge in [-0.05, 0) is 61.2 Å². The summed E-state index contributed by atoms with van der Waals surface area (Å²) < 4.78 is 59.8. The summed E-state index contributed by atoms with van der Waals surface area (Å²) in [6, 6.07) is 11.9. The van der Waals surface area contributed by atoms with Gasteiger partial charge in [-0.1, -0.05) is 26.0 Å². The van der Waals surface area contributed by atoms with Gasteiger partial charge in [0.15, 0.2) is 0 Å². The number of sulfonamides is 2. The number of ether oxygens (including phenoxy) is 1. The van der Waals surface area contributed by atoms with E-state index in [4.69, 9.17) is 4.74 Å². The predicted octanol–water partition coefficient (Wildman–Crippen LogP) is 3.31. The molecule has 2 atom stereocenters. The molecule has 2 aromatic rings. The van der Waals surface area contributed by atoms with E-state index in [-0.39, 0.29) is 28.1 Å². The van der Waals surface area contributed by atoms with Crippen molar-refractivity contribution in [2.75, 3.05) is 18.4 Å². The Morgan fingerprint density at radius 1 is 0.862 bits per heavy atom. The third kappa shape index (κ3) is 6.27. The average molecular weight is 441 g/mol. The Balaban J connectivity index is 2.14. The molecule has 0 spiro atoms. The van der Waals surface area contributed by atoms with Crippen LogP contribution in [0.2, 0.25) is 0 Å². The van der Waals surface area contributed by atoms with Crippen molar-refractivity contribution < 1.29 is 21.6 Å². The highest BCUT2D eigenvalue weighted by molar-refractivity contribution is 7.92. The van der Waals surface area contributed by atoms with E-state index in [1.54, 1.807) is 19.1 Å². The number of hydrogen-bond acceptors (Lipinski definition) is 5. The molecule has 2 unspecified atom stereocenters. The molecule has 7 nitrogen and oxygen atoms in total. The fraction of sp³-hybridized carbons (Fsp3) is 0.400. The van der Waals surface area contributed by atoms with Crippen molar-refractivity contribution in [2.45, 2.75) is 48.9 Å². The van der Waals surface area contributed by atoms with Crippen molar-refractivity contribution in [1.82, 2.24) is 4.72 Å². The highest BCUT2D eigenvalue weighted by Crippen LogP contribution is 2.22. The molecule has 0 amide bonds. The minimum atomic E-state index is -3.77. The second-order valence-electron chi connectivity index (χ2n) is 6.99. The highest BCUT2D eigenvalue weighted by Gasteiger charge is 2.19. The van der Waals surface area contributed by atoms with E-state index in [0.717, 1.165) is 12.0 Å². The summed E-state index contributed by atoms with van der Waals surface area (Å²) >= 11 is 0. The normalized spacial score (nSPS) is 14.3. The van der Waals surface area contributed by atoms with Gasteiger partial charge in [-0.2, -0.15) is 0 Å². The first-order chi connectivity index (χ1) is 13.6. The number of methoxy groups -OCH3 is 1. The molecule has 0 aliphatic carbocycles. The zero-order valence-electron chi connectivity index (χ0n) is 17.0. The van der Waals surface area contributed by atoms with E-state index < -0.39 is 20.0 Å². The van der Waals surface area contributed by atoms with Gasteiger partial charge in [0.05, 0.1) is 16.4 Å². The number of anilines is 1. The lowest BCUT2D eigenvalue weighted by atomic mass is 9.99. The molecule has 0 bridgehead atoms. The molecule has 2 N–H and O–H groups in total. The third-order valence-electron chi connectivity index (χ3n) is 4.56. The molecular formula is C20H28N2O5S2. The van der Waals surface area contributed by atoms with Crippen molar-refractivity contribution in [3.05, 3.63) is 54.1 Å². The van der Waals surface area contributed by atoms with Crippen molar-refractivity contribution in [2.24, 2.45) is 0 Å². The summed E-state index contributed by atoms with van der Waals surface area (Å²) in [5.41, 5.74) is 1.36. The monoisotopic (exact) mass is 440 g/mol. The molecule has 0 saturated carbocycles. The summed E-state index contributed by atoms with van der Waals surface area (Å²) in [6.45, 7) is 6.10. The van der Waals surface area contributed by atoms with Crippen LogP contribution in [0.5, 0.6) is 0 Å². The van der Waals surface area contributed by atoms with E-state index in [0.29, 0.717) is 5.92 Å². The summed E-state index contributed by atoms with van der Waals surface area (Å²) in [6.07, 6.45) is 0.971. The second-order valence-corrected chi connectivity index (χ2v) is 10.4. The standard InChI is InChI=1S/C20H28N2O5S2/c1-5-15(2)17-6-10-19(11-7-17)29(25,26)22-18-8-12-20(13-9-18)28(23,24)21-16(3)14-27-4/h6-13,15-16,21-22H,5,14H2,1-4H3. The van der Waals surface area contributed by atoms with Gasteiger partial charge in [0.25, 0.3) is 10.0 Å². The molecule has 0 heterocycles. The Bertz CT molecular complexity index is 1000.